The van der Waals surface area contributed by atoms with Crippen molar-refractivity contribution in [1.82, 2.24) is 4.98 Å². The molecule has 0 bridgehead atoms. The van der Waals surface area contributed by atoms with Crippen molar-refractivity contribution < 1.29 is 18.7 Å². The quantitative estimate of drug-likeness (QED) is 0.647. The number of hydrogen-bond donors (Lipinski definition) is 1. The highest BCUT2D eigenvalue weighted by atomic mass is 19.1. The monoisotopic (exact) mass is 254 g/mol. The molecule has 5 nitrogen and oxygen atoms in total. The fraction of sp³-hybridized carbons (Fsp3) is 0.417. The van der Waals surface area contributed by atoms with Gasteiger partial charge >= 0.3 is 5.97 Å². The number of aromatic nitrogens is 1. The highest BCUT2D eigenvalue weighted by Crippen LogP contribution is 2.17. The molecule has 0 saturated heterocycles. The standard InChI is InChI=1S/C12H15FN2O3/c1-12(2,3)11(17)15-8-6-5-7(9(13)14-8)10(16)18-4/h5-6H,1-4H3,(H,14,15,17). The molecule has 0 radical (unpaired) electrons. The van der Waals surface area contributed by atoms with Gasteiger partial charge < -0.3 is 10.1 Å². The first-order valence-corrected chi connectivity index (χ1v) is 5.32. The second-order valence-electron chi connectivity index (χ2n) is 4.73. The second kappa shape index (κ2) is 5.12. The van der Waals surface area contributed by atoms with Gasteiger partial charge in [0, 0.05) is 5.41 Å². The summed E-state index contributed by atoms with van der Waals surface area (Å²) < 4.78 is 17.9. The third-order valence-electron chi connectivity index (χ3n) is 2.18. The maximum absolute atomic E-state index is 13.5. The number of carbonyl (C=O) groups is 2. The van der Waals surface area contributed by atoms with Crippen LogP contribution >= 0.6 is 0 Å². The van der Waals surface area contributed by atoms with Crippen LogP contribution in [-0.2, 0) is 9.53 Å². The molecule has 1 heterocycles. The normalized spacial score (nSPS) is 10.9. The van der Waals surface area contributed by atoms with Crippen molar-refractivity contribution in [1.29, 1.82) is 0 Å². The zero-order chi connectivity index (χ0) is 13.9. The minimum absolute atomic E-state index is 0.0556. The van der Waals surface area contributed by atoms with Crippen LogP contribution in [0.2, 0.25) is 0 Å². The van der Waals surface area contributed by atoms with E-state index in [4.69, 9.17) is 0 Å². The molecule has 0 aliphatic heterocycles. The zero-order valence-corrected chi connectivity index (χ0v) is 10.7. The van der Waals surface area contributed by atoms with Gasteiger partial charge in [-0.1, -0.05) is 20.8 Å². The second-order valence-corrected chi connectivity index (χ2v) is 4.73. The summed E-state index contributed by atoms with van der Waals surface area (Å²) in [7, 11) is 1.15. The van der Waals surface area contributed by atoms with Gasteiger partial charge in [-0.2, -0.15) is 4.39 Å². The lowest BCUT2D eigenvalue weighted by atomic mass is 9.96. The summed E-state index contributed by atoms with van der Waals surface area (Å²) in [4.78, 5) is 26.3. The summed E-state index contributed by atoms with van der Waals surface area (Å²) in [6.07, 6.45) is 0. The number of methoxy groups -OCH3 is 1. The number of carbonyl (C=O) groups excluding carboxylic acids is 2. The molecule has 0 spiro atoms. The van der Waals surface area contributed by atoms with E-state index in [0.29, 0.717) is 0 Å². The molecule has 1 aromatic heterocycles. The van der Waals surface area contributed by atoms with Crippen LogP contribution in [0.4, 0.5) is 10.2 Å². The molecule has 6 heteroatoms. The highest BCUT2D eigenvalue weighted by molar-refractivity contribution is 5.94. The molecule has 0 saturated carbocycles. The number of rotatable bonds is 2. The van der Waals surface area contributed by atoms with E-state index in [1.807, 2.05) is 0 Å². The third-order valence-corrected chi connectivity index (χ3v) is 2.18. The Bertz CT molecular complexity index is 481. The van der Waals surface area contributed by atoms with E-state index in [0.717, 1.165) is 7.11 Å². The Labute approximate surface area is 104 Å². The first kappa shape index (κ1) is 14.1. The molecule has 1 amide bonds. The first-order chi connectivity index (χ1) is 8.25. The van der Waals surface area contributed by atoms with Gasteiger partial charge in [-0.15, -0.1) is 0 Å². The van der Waals surface area contributed by atoms with Crippen molar-refractivity contribution in [3.8, 4) is 0 Å². The van der Waals surface area contributed by atoms with Gasteiger partial charge in [0.15, 0.2) is 0 Å². The van der Waals surface area contributed by atoms with Crippen LogP contribution in [0.5, 0.6) is 0 Å². The average Bonchev–Trinajstić information content (AvgIpc) is 2.27. The van der Waals surface area contributed by atoms with Crippen molar-refractivity contribution in [3.05, 3.63) is 23.6 Å². The van der Waals surface area contributed by atoms with Gasteiger partial charge in [0.2, 0.25) is 11.9 Å². The van der Waals surface area contributed by atoms with Crippen molar-refractivity contribution in [2.24, 2.45) is 5.41 Å². The molecule has 1 rings (SSSR count). The Morgan fingerprint density at radius 2 is 1.94 bits per heavy atom. The third kappa shape index (κ3) is 3.26. The molecular formula is C12H15FN2O3. The highest BCUT2D eigenvalue weighted by Gasteiger charge is 2.22. The van der Waals surface area contributed by atoms with E-state index in [2.05, 4.69) is 15.0 Å². The number of nitrogens with one attached hydrogen (secondary N) is 1. The number of pyridine rings is 1. The lowest BCUT2D eigenvalue weighted by Crippen LogP contribution is -2.28. The Morgan fingerprint density at radius 1 is 1.33 bits per heavy atom. The van der Waals surface area contributed by atoms with Crippen LogP contribution in [0.1, 0.15) is 31.1 Å². The van der Waals surface area contributed by atoms with E-state index >= 15 is 0 Å². The smallest absolute Gasteiger partial charge is 0.342 e. The number of ether oxygens (including phenoxy) is 1. The Kier molecular flexibility index (Phi) is 4.00. The molecule has 0 aliphatic carbocycles. The maximum Gasteiger partial charge on any atom is 0.342 e. The van der Waals surface area contributed by atoms with Gasteiger partial charge in [-0.3, -0.25) is 4.79 Å². The molecule has 0 unspecified atom stereocenters. The Balaban J connectivity index is 2.92. The predicted octanol–water partition coefficient (Wildman–Crippen LogP) is 1.99. The SMILES string of the molecule is COC(=O)c1ccc(NC(=O)C(C)(C)C)nc1F. The number of halogens is 1. The van der Waals surface area contributed by atoms with E-state index in [-0.39, 0.29) is 17.3 Å². The number of nitrogens with zero attached hydrogens (tertiary/aromatic N) is 1. The lowest BCUT2D eigenvalue weighted by Gasteiger charge is -2.17. The summed E-state index contributed by atoms with van der Waals surface area (Å²) >= 11 is 0. The van der Waals surface area contributed by atoms with Crippen molar-refractivity contribution >= 4 is 17.7 Å². The summed E-state index contributed by atoms with van der Waals surface area (Å²) in [5.74, 6) is -2.03. The number of esters is 1. The molecule has 0 fully saturated rings. The summed E-state index contributed by atoms with van der Waals surface area (Å²) in [6.45, 7) is 5.17. The molecular weight excluding hydrogens is 239 g/mol. The summed E-state index contributed by atoms with van der Waals surface area (Å²) in [5.41, 5.74) is -0.884. The zero-order valence-electron chi connectivity index (χ0n) is 10.7. The van der Waals surface area contributed by atoms with Crippen LogP contribution in [-0.4, -0.2) is 24.0 Å². The largest absolute Gasteiger partial charge is 0.465 e. The number of anilines is 1. The fourth-order valence-electron chi connectivity index (χ4n) is 1.07. The molecule has 0 aromatic carbocycles. The van der Waals surface area contributed by atoms with Crippen molar-refractivity contribution in [2.45, 2.75) is 20.8 Å². The van der Waals surface area contributed by atoms with Crippen LogP contribution in [0.3, 0.4) is 0 Å². The minimum Gasteiger partial charge on any atom is -0.465 e. The minimum atomic E-state index is -0.978. The number of hydrogen-bond acceptors (Lipinski definition) is 4. The molecule has 0 atom stereocenters. The first-order valence-electron chi connectivity index (χ1n) is 5.32. The predicted molar refractivity (Wildman–Crippen MR) is 63.6 cm³/mol. The molecule has 18 heavy (non-hydrogen) atoms. The van der Waals surface area contributed by atoms with E-state index in [9.17, 15) is 14.0 Å². The topological polar surface area (TPSA) is 68.3 Å². The van der Waals surface area contributed by atoms with Crippen LogP contribution < -0.4 is 5.32 Å². The summed E-state index contributed by atoms with van der Waals surface area (Å²) in [6, 6.07) is 2.56. The van der Waals surface area contributed by atoms with Gasteiger partial charge in [0.25, 0.3) is 0 Å². The fourth-order valence-corrected chi connectivity index (χ4v) is 1.07. The van der Waals surface area contributed by atoms with Crippen molar-refractivity contribution in [3.63, 3.8) is 0 Å². The van der Waals surface area contributed by atoms with E-state index < -0.39 is 17.3 Å². The average molecular weight is 254 g/mol. The van der Waals surface area contributed by atoms with E-state index in [1.165, 1.54) is 12.1 Å². The molecule has 1 N–H and O–H groups in total. The van der Waals surface area contributed by atoms with Gasteiger partial charge in [-0.05, 0) is 12.1 Å². The van der Waals surface area contributed by atoms with Gasteiger partial charge in [-0.25, -0.2) is 9.78 Å². The molecule has 98 valence electrons. The van der Waals surface area contributed by atoms with Gasteiger partial charge in [0.05, 0.1) is 7.11 Å². The molecule has 0 aliphatic rings. The molecule has 1 aromatic rings. The van der Waals surface area contributed by atoms with Crippen LogP contribution in [0.25, 0.3) is 0 Å². The van der Waals surface area contributed by atoms with Crippen LogP contribution in [0.15, 0.2) is 12.1 Å². The Hall–Kier alpha value is -1.98. The van der Waals surface area contributed by atoms with E-state index in [1.54, 1.807) is 20.8 Å². The lowest BCUT2D eigenvalue weighted by molar-refractivity contribution is -0.123. The van der Waals surface area contributed by atoms with Crippen molar-refractivity contribution in [2.75, 3.05) is 12.4 Å². The summed E-state index contributed by atoms with van der Waals surface area (Å²) in [5, 5.41) is 2.46. The van der Waals surface area contributed by atoms with Crippen LogP contribution in [0, 0.1) is 11.4 Å². The number of amides is 1. The Morgan fingerprint density at radius 3 is 2.39 bits per heavy atom. The van der Waals surface area contributed by atoms with Gasteiger partial charge in [0.1, 0.15) is 11.4 Å². The maximum atomic E-state index is 13.5.